The number of fused-ring (bicyclic) bond motifs is 1. The number of nitrogens with one attached hydrogen (secondary N) is 1. The number of anilines is 1. The Balaban J connectivity index is 2.46. The first kappa shape index (κ1) is 13.3. The highest BCUT2D eigenvalue weighted by Crippen LogP contribution is 2.27. The van der Waals surface area contributed by atoms with Gasteiger partial charge in [-0.25, -0.2) is 0 Å². The smallest absolute Gasteiger partial charge is 0.270 e. The van der Waals surface area contributed by atoms with E-state index in [0.29, 0.717) is 0 Å². The molecule has 0 aliphatic heterocycles. The van der Waals surface area contributed by atoms with E-state index in [-0.39, 0.29) is 10.6 Å². The van der Waals surface area contributed by atoms with Crippen molar-refractivity contribution in [1.29, 1.82) is 0 Å². The van der Waals surface area contributed by atoms with E-state index in [1.807, 2.05) is 13.0 Å². The molecule has 0 amide bonds. The third kappa shape index (κ3) is 2.99. The lowest BCUT2D eigenvalue weighted by Gasteiger charge is -2.10. The van der Waals surface area contributed by atoms with Crippen molar-refractivity contribution in [2.45, 2.75) is 26.7 Å². The largest absolute Gasteiger partial charge is 0.384 e. The van der Waals surface area contributed by atoms with Crippen LogP contribution in [0.3, 0.4) is 0 Å². The summed E-state index contributed by atoms with van der Waals surface area (Å²) in [5.74, 6) is 0. The molecule has 0 spiro atoms. The predicted octanol–water partition coefficient (Wildman–Crippen LogP) is 3.66. The van der Waals surface area contributed by atoms with Crippen LogP contribution in [-0.4, -0.2) is 16.5 Å². The third-order valence-corrected chi connectivity index (χ3v) is 2.98. The number of nitro groups is 1. The first-order chi connectivity index (χ1) is 9.11. The van der Waals surface area contributed by atoms with E-state index >= 15 is 0 Å². The van der Waals surface area contributed by atoms with Crippen molar-refractivity contribution in [3.63, 3.8) is 0 Å². The lowest BCUT2D eigenvalue weighted by molar-refractivity contribution is -0.384. The zero-order valence-corrected chi connectivity index (χ0v) is 11.1. The number of nitrogens with zero attached hydrogens (tertiary/aromatic N) is 2. The average Bonchev–Trinajstić information content (AvgIpc) is 2.38. The quantitative estimate of drug-likeness (QED) is 0.505. The summed E-state index contributed by atoms with van der Waals surface area (Å²) in [6.07, 6.45) is 2.17. The summed E-state index contributed by atoms with van der Waals surface area (Å²) in [6, 6.07) is 6.70. The molecule has 0 atom stereocenters. The zero-order chi connectivity index (χ0) is 13.8. The van der Waals surface area contributed by atoms with E-state index in [9.17, 15) is 10.1 Å². The number of benzene rings is 1. The number of unbranched alkanes of at least 4 members (excludes halogenated alkanes) is 1. The summed E-state index contributed by atoms with van der Waals surface area (Å²) >= 11 is 0. The number of aromatic nitrogens is 1. The molecule has 0 fully saturated rings. The number of non-ortho nitro benzene ring substituents is 1. The van der Waals surface area contributed by atoms with E-state index in [2.05, 4.69) is 17.2 Å². The van der Waals surface area contributed by atoms with Gasteiger partial charge >= 0.3 is 0 Å². The highest BCUT2D eigenvalue weighted by atomic mass is 16.6. The molecule has 19 heavy (non-hydrogen) atoms. The number of hydrogen-bond acceptors (Lipinski definition) is 4. The molecular formula is C14H17N3O2. The van der Waals surface area contributed by atoms with Crippen LogP contribution in [0, 0.1) is 17.0 Å². The highest BCUT2D eigenvalue weighted by Gasteiger charge is 2.10. The zero-order valence-electron chi connectivity index (χ0n) is 11.1. The van der Waals surface area contributed by atoms with Crippen molar-refractivity contribution in [2.24, 2.45) is 0 Å². The summed E-state index contributed by atoms with van der Waals surface area (Å²) in [5, 5.41) is 15.0. The number of hydrogen-bond donors (Lipinski definition) is 1. The van der Waals surface area contributed by atoms with E-state index < -0.39 is 0 Å². The van der Waals surface area contributed by atoms with Gasteiger partial charge < -0.3 is 5.32 Å². The van der Waals surface area contributed by atoms with E-state index in [4.69, 9.17) is 0 Å². The van der Waals surface area contributed by atoms with Crippen molar-refractivity contribution in [3.8, 4) is 0 Å². The minimum Gasteiger partial charge on any atom is -0.384 e. The molecule has 100 valence electrons. The number of nitro benzene ring substituents is 1. The minimum absolute atomic E-state index is 0.0942. The predicted molar refractivity (Wildman–Crippen MR) is 76.5 cm³/mol. The van der Waals surface area contributed by atoms with Crippen LogP contribution < -0.4 is 5.32 Å². The fraction of sp³-hybridized carbons (Fsp3) is 0.357. The van der Waals surface area contributed by atoms with Crippen molar-refractivity contribution < 1.29 is 4.92 Å². The van der Waals surface area contributed by atoms with Gasteiger partial charge in [0.25, 0.3) is 5.69 Å². The van der Waals surface area contributed by atoms with Gasteiger partial charge in [-0.2, -0.15) is 0 Å². The Kier molecular flexibility index (Phi) is 3.94. The topological polar surface area (TPSA) is 68.1 Å². The van der Waals surface area contributed by atoms with Gasteiger partial charge in [0, 0.05) is 35.4 Å². The maximum Gasteiger partial charge on any atom is 0.270 e. The van der Waals surface area contributed by atoms with Crippen LogP contribution in [-0.2, 0) is 0 Å². The molecule has 0 aliphatic carbocycles. The Hall–Kier alpha value is -2.17. The molecule has 0 saturated heterocycles. The Morgan fingerprint density at radius 1 is 1.37 bits per heavy atom. The molecule has 1 N–H and O–H groups in total. The summed E-state index contributed by atoms with van der Waals surface area (Å²) in [4.78, 5) is 14.9. The van der Waals surface area contributed by atoms with Gasteiger partial charge in [0.1, 0.15) is 0 Å². The first-order valence-corrected chi connectivity index (χ1v) is 6.41. The summed E-state index contributed by atoms with van der Waals surface area (Å²) in [6.45, 7) is 4.91. The van der Waals surface area contributed by atoms with Gasteiger partial charge in [-0.3, -0.25) is 15.1 Å². The van der Waals surface area contributed by atoms with Crippen LogP contribution in [0.1, 0.15) is 25.5 Å². The van der Waals surface area contributed by atoms with Crippen LogP contribution >= 0.6 is 0 Å². The second kappa shape index (κ2) is 5.65. The van der Waals surface area contributed by atoms with Gasteiger partial charge in [-0.05, 0) is 25.5 Å². The van der Waals surface area contributed by atoms with Crippen molar-refractivity contribution >= 4 is 22.3 Å². The van der Waals surface area contributed by atoms with Crippen LogP contribution in [0.5, 0.6) is 0 Å². The van der Waals surface area contributed by atoms with Gasteiger partial charge in [-0.1, -0.05) is 13.3 Å². The fourth-order valence-corrected chi connectivity index (χ4v) is 2.01. The normalized spacial score (nSPS) is 10.6. The minimum atomic E-state index is -0.380. The molecule has 5 heteroatoms. The summed E-state index contributed by atoms with van der Waals surface area (Å²) in [7, 11) is 0. The number of rotatable bonds is 5. The fourth-order valence-electron chi connectivity index (χ4n) is 2.01. The lowest BCUT2D eigenvalue weighted by Crippen LogP contribution is -2.03. The maximum atomic E-state index is 10.8. The van der Waals surface area contributed by atoms with Gasteiger partial charge in [0.15, 0.2) is 0 Å². The van der Waals surface area contributed by atoms with E-state index in [1.165, 1.54) is 6.07 Å². The second-order valence-corrected chi connectivity index (χ2v) is 4.55. The van der Waals surface area contributed by atoms with Gasteiger partial charge in [0.05, 0.1) is 10.4 Å². The molecule has 0 radical (unpaired) electrons. The van der Waals surface area contributed by atoms with Crippen LogP contribution in [0.15, 0.2) is 24.3 Å². The van der Waals surface area contributed by atoms with Crippen molar-refractivity contribution in [1.82, 2.24) is 4.98 Å². The van der Waals surface area contributed by atoms with E-state index in [1.54, 1.807) is 12.1 Å². The number of aryl methyl sites for hydroxylation is 1. The SMILES string of the molecule is CCCCNc1cc(C)nc2ccc([N+](=O)[O-])cc12. The maximum absolute atomic E-state index is 10.8. The van der Waals surface area contributed by atoms with Crippen molar-refractivity contribution in [3.05, 3.63) is 40.1 Å². The Labute approximate surface area is 111 Å². The molecule has 1 aromatic carbocycles. The molecular weight excluding hydrogens is 242 g/mol. The summed E-state index contributed by atoms with van der Waals surface area (Å²) in [5.41, 5.74) is 2.70. The molecule has 0 unspecified atom stereocenters. The molecule has 0 saturated carbocycles. The third-order valence-electron chi connectivity index (χ3n) is 2.98. The second-order valence-electron chi connectivity index (χ2n) is 4.55. The van der Waals surface area contributed by atoms with Crippen LogP contribution in [0.2, 0.25) is 0 Å². The summed E-state index contributed by atoms with van der Waals surface area (Å²) < 4.78 is 0. The standard InChI is InChI=1S/C14H17N3O2/c1-3-4-7-15-14-8-10(2)16-13-6-5-11(17(18)19)9-12(13)14/h5-6,8-9H,3-4,7H2,1-2H3,(H,15,16). The molecule has 1 heterocycles. The Bertz CT molecular complexity index is 611. The van der Waals surface area contributed by atoms with E-state index in [0.717, 1.165) is 41.7 Å². The first-order valence-electron chi connectivity index (χ1n) is 6.41. The molecule has 2 aromatic rings. The Morgan fingerprint density at radius 3 is 2.84 bits per heavy atom. The molecule has 0 aliphatic rings. The van der Waals surface area contributed by atoms with Gasteiger partial charge in [-0.15, -0.1) is 0 Å². The van der Waals surface area contributed by atoms with Crippen LogP contribution in [0.4, 0.5) is 11.4 Å². The molecule has 2 rings (SSSR count). The monoisotopic (exact) mass is 259 g/mol. The molecule has 5 nitrogen and oxygen atoms in total. The van der Waals surface area contributed by atoms with Gasteiger partial charge in [0.2, 0.25) is 0 Å². The Morgan fingerprint density at radius 2 is 2.16 bits per heavy atom. The molecule has 0 bridgehead atoms. The van der Waals surface area contributed by atoms with Crippen LogP contribution in [0.25, 0.3) is 10.9 Å². The van der Waals surface area contributed by atoms with Crippen molar-refractivity contribution in [2.75, 3.05) is 11.9 Å². The average molecular weight is 259 g/mol. The molecule has 1 aromatic heterocycles. The number of pyridine rings is 1. The lowest BCUT2D eigenvalue weighted by atomic mass is 10.1. The highest BCUT2D eigenvalue weighted by molar-refractivity contribution is 5.93.